The molecule has 0 aliphatic rings. The highest BCUT2D eigenvalue weighted by Gasteiger charge is 2.34. The fourth-order valence-corrected chi connectivity index (χ4v) is 4.22. The number of fused-ring (bicyclic) bond motifs is 1. The van der Waals surface area contributed by atoms with Crippen LogP contribution in [0.2, 0.25) is 0 Å². The lowest BCUT2D eigenvalue weighted by Crippen LogP contribution is -2.33. The molecule has 1 atom stereocenters. The summed E-state index contributed by atoms with van der Waals surface area (Å²) in [5, 5.41) is 33.8. The van der Waals surface area contributed by atoms with Crippen LogP contribution >= 0.6 is 0 Å². The number of aromatic nitrogens is 2. The zero-order valence-corrected chi connectivity index (χ0v) is 23.4. The molecule has 0 saturated heterocycles. The van der Waals surface area contributed by atoms with Crippen LogP contribution in [0.1, 0.15) is 39.1 Å². The molecule has 12 nitrogen and oxygen atoms in total. The number of rotatable bonds is 10. The number of carbonyl (C=O) groups is 3. The molecular weight excluding hydrogens is 608 g/mol. The fourth-order valence-electron chi connectivity index (χ4n) is 4.22. The predicted molar refractivity (Wildman–Crippen MR) is 148 cm³/mol. The second-order valence-corrected chi connectivity index (χ2v) is 9.45. The van der Waals surface area contributed by atoms with Crippen molar-refractivity contribution in [2.75, 3.05) is 13.7 Å². The van der Waals surface area contributed by atoms with Crippen LogP contribution in [0.15, 0.2) is 59.0 Å². The summed E-state index contributed by atoms with van der Waals surface area (Å²) in [7, 11) is 1.21. The smallest absolute Gasteiger partial charge is 0.433 e. The molecule has 0 spiro atoms. The summed E-state index contributed by atoms with van der Waals surface area (Å²) in [5.74, 6) is -5.74. The van der Waals surface area contributed by atoms with Crippen LogP contribution in [0.5, 0.6) is 5.75 Å². The van der Waals surface area contributed by atoms with Gasteiger partial charge in [-0.15, -0.1) is 0 Å². The van der Waals surface area contributed by atoms with Crippen molar-refractivity contribution >= 4 is 28.7 Å². The van der Waals surface area contributed by atoms with E-state index in [2.05, 4.69) is 15.3 Å². The second-order valence-electron chi connectivity index (χ2n) is 9.45. The number of halogens is 4. The van der Waals surface area contributed by atoms with Gasteiger partial charge in [-0.3, -0.25) is 9.59 Å². The van der Waals surface area contributed by atoms with Crippen LogP contribution < -0.4 is 10.1 Å². The van der Waals surface area contributed by atoms with Gasteiger partial charge in [0, 0.05) is 35.2 Å². The Labute approximate surface area is 251 Å². The molecule has 2 heterocycles. The Morgan fingerprint density at radius 1 is 1.13 bits per heavy atom. The van der Waals surface area contributed by atoms with Crippen molar-refractivity contribution in [3.8, 4) is 17.2 Å². The Morgan fingerprint density at radius 2 is 1.87 bits per heavy atom. The van der Waals surface area contributed by atoms with Gasteiger partial charge in [0.2, 0.25) is 11.8 Å². The molecule has 16 heteroatoms. The number of aliphatic hydroxyl groups is 1. The Balaban J connectivity index is 1.84. The van der Waals surface area contributed by atoms with Crippen molar-refractivity contribution in [3.05, 3.63) is 93.9 Å². The van der Waals surface area contributed by atoms with Gasteiger partial charge in [0.1, 0.15) is 28.8 Å². The van der Waals surface area contributed by atoms with Gasteiger partial charge in [-0.2, -0.15) is 13.2 Å². The lowest BCUT2D eigenvalue weighted by molar-refractivity contribution is -0.141. The third-order valence-electron chi connectivity index (χ3n) is 6.42. The molecule has 45 heavy (non-hydrogen) atoms. The van der Waals surface area contributed by atoms with Gasteiger partial charge >= 0.3 is 12.1 Å². The standard InChI is InChI=1S/C29H23F4N4O8/c1-14-3-4-15(18(30)11-14)12-34-27(42)25-26(19(13-38)37(43)22(39)9-10-23(40)41)45-28(36-25)17-5-7-20(44-2)24-16(17)6-8-21(35-24)29(31,32)33/h3-11,19,38H,12-13H2,1-2H3,(H,34,42)(H,40,41)/q-1/b10-9+/t19-/m0/s1. The first-order valence-corrected chi connectivity index (χ1v) is 12.9. The summed E-state index contributed by atoms with van der Waals surface area (Å²) in [6.45, 7) is 0.179. The first kappa shape index (κ1) is 32.6. The lowest BCUT2D eigenvalue weighted by Gasteiger charge is -2.33. The number of carboxylic acid groups (broad SMARTS) is 1. The molecule has 0 aliphatic heterocycles. The van der Waals surface area contributed by atoms with Gasteiger partial charge in [-0.1, -0.05) is 12.1 Å². The third kappa shape index (κ3) is 7.08. The fraction of sp³-hybridized carbons (Fsp3) is 0.207. The number of benzene rings is 2. The number of nitrogens with zero attached hydrogens (tertiary/aromatic N) is 3. The number of carbonyl (C=O) groups excluding carboxylic acids is 2. The average molecular weight is 632 g/mol. The van der Waals surface area contributed by atoms with Crippen LogP contribution in [0.25, 0.3) is 22.4 Å². The van der Waals surface area contributed by atoms with E-state index >= 15 is 0 Å². The number of pyridine rings is 1. The Morgan fingerprint density at radius 3 is 2.49 bits per heavy atom. The van der Waals surface area contributed by atoms with Crippen molar-refractivity contribution in [2.45, 2.75) is 25.7 Å². The molecular formula is C29H23F4N4O8-. The third-order valence-corrected chi connectivity index (χ3v) is 6.42. The topological polar surface area (TPSA) is 178 Å². The van der Waals surface area contributed by atoms with Gasteiger partial charge in [0.25, 0.3) is 5.91 Å². The summed E-state index contributed by atoms with van der Waals surface area (Å²) in [5.41, 5.74) is -1.40. The minimum absolute atomic E-state index is 0.0110. The van der Waals surface area contributed by atoms with E-state index in [1.165, 1.54) is 31.4 Å². The van der Waals surface area contributed by atoms with Gasteiger partial charge in [0.15, 0.2) is 11.5 Å². The van der Waals surface area contributed by atoms with Crippen molar-refractivity contribution < 1.29 is 51.3 Å². The number of hydrogen-bond acceptors (Lipinski definition) is 9. The minimum atomic E-state index is -4.79. The van der Waals surface area contributed by atoms with Crippen molar-refractivity contribution in [3.63, 3.8) is 0 Å². The van der Waals surface area contributed by atoms with Gasteiger partial charge in [-0.25, -0.2) is 19.2 Å². The highest BCUT2D eigenvalue weighted by atomic mass is 19.4. The number of amides is 2. The van der Waals surface area contributed by atoms with Crippen LogP contribution in [-0.2, 0) is 22.3 Å². The quantitative estimate of drug-likeness (QED) is 0.130. The van der Waals surface area contributed by atoms with E-state index < -0.39 is 65.5 Å². The number of nitrogens with one attached hydrogen (secondary N) is 1. The number of aliphatic carboxylic acids is 1. The highest BCUT2D eigenvalue weighted by molar-refractivity contribution is 5.98. The zero-order valence-electron chi connectivity index (χ0n) is 23.4. The number of ether oxygens (including phenoxy) is 1. The van der Waals surface area contributed by atoms with Crippen LogP contribution in [-0.4, -0.2) is 56.7 Å². The van der Waals surface area contributed by atoms with Crippen LogP contribution in [0.3, 0.4) is 0 Å². The average Bonchev–Trinajstić information content (AvgIpc) is 3.43. The maximum absolute atomic E-state index is 14.4. The van der Waals surface area contributed by atoms with E-state index in [0.717, 1.165) is 6.07 Å². The van der Waals surface area contributed by atoms with E-state index in [1.54, 1.807) is 13.0 Å². The van der Waals surface area contributed by atoms with Crippen molar-refractivity contribution in [1.82, 2.24) is 20.3 Å². The zero-order chi connectivity index (χ0) is 33.1. The summed E-state index contributed by atoms with van der Waals surface area (Å²) in [6.07, 6.45) is -4.00. The van der Waals surface area contributed by atoms with Crippen LogP contribution in [0.4, 0.5) is 17.6 Å². The number of methoxy groups -OCH3 is 1. The van der Waals surface area contributed by atoms with Gasteiger partial charge in [-0.05, 0) is 42.8 Å². The van der Waals surface area contributed by atoms with E-state index in [1.807, 2.05) is 0 Å². The molecule has 2 aromatic carbocycles. The maximum Gasteiger partial charge on any atom is 0.433 e. The van der Waals surface area contributed by atoms with Crippen LogP contribution in [0, 0.1) is 17.9 Å². The Bertz CT molecular complexity index is 1810. The van der Waals surface area contributed by atoms with E-state index in [9.17, 15) is 42.3 Å². The largest absolute Gasteiger partial charge is 0.755 e. The lowest BCUT2D eigenvalue weighted by atomic mass is 10.1. The summed E-state index contributed by atoms with van der Waals surface area (Å²) in [4.78, 5) is 44.2. The molecule has 0 bridgehead atoms. The molecule has 0 fully saturated rings. The van der Waals surface area contributed by atoms with Gasteiger partial charge < -0.3 is 35.0 Å². The molecule has 0 unspecified atom stereocenters. The Hall–Kier alpha value is -5.35. The molecule has 2 amide bonds. The van der Waals surface area contributed by atoms with Crippen molar-refractivity contribution in [1.29, 1.82) is 0 Å². The molecule has 3 N–H and O–H groups in total. The number of alkyl halides is 3. The molecule has 0 saturated carbocycles. The second kappa shape index (κ2) is 13.1. The number of hydroxylamine groups is 2. The number of aliphatic hydroxyl groups excluding tert-OH is 1. The molecule has 2 aromatic heterocycles. The van der Waals surface area contributed by atoms with E-state index in [0.29, 0.717) is 23.8 Å². The van der Waals surface area contributed by atoms with E-state index in [4.69, 9.17) is 14.3 Å². The number of oxazole rings is 1. The predicted octanol–water partition coefficient (Wildman–Crippen LogP) is 4.30. The molecule has 0 radical (unpaired) electrons. The monoisotopic (exact) mass is 631 g/mol. The van der Waals surface area contributed by atoms with E-state index in [-0.39, 0.29) is 39.4 Å². The first-order valence-electron chi connectivity index (χ1n) is 12.9. The molecule has 4 rings (SSSR count). The first-order chi connectivity index (χ1) is 21.2. The SMILES string of the molecule is COc1ccc(-c2nc(C(=O)NCc3ccc(C)cc3F)c([C@H](CO)N([O-])C(=O)/C=C/C(=O)O)o2)c2ccc(C(F)(F)F)nc12. The maximum atomic E-state index is 14.4. The number of aryl methyl sites for hydroxylation is 1. The molecule has 4 aromatic rings. The summed E-state index contributed by atoms with van der Waals surface area (Å²) >= 11 is 0. The Kier molecular flexibility index (Phi) is 9.48. The number of carboxylic acids is 1. The molecule has 0 aliphatic carbocycles. The minimum Gasteiger partial charge on any atom is -0.755 e. The molecule has 236 valence electrons. The number of hydrogen-bond donors (Lipinski definition) is 3. The normalized spacial score (nSPS) is 12.4. The summed E-state index contributed by atoms with van der Waals surface area (Å²) < 4.78 is 65.5. The highest BCUT2D eigenvalue weighted by Crippen LogP contribution is 2.38. The van der Waals surface area contributed by atoms with Crippen molar-refractivity contribution in [2.24, 2.45) is 0 Å². The summed E-state index contributed by atoms with van der Waals surface area (Å²) in [6, 6.07) is 6.69. The van der Waals surface area contributed by atoms with Gasteiger partial charge in [0.05, 0.1) is 13.7 Å².